The number of amides is 1. The van der Waals surface area contributed by atoms with Gasteiger partial charge < -0.3 is 10.0 Å². The summed E-state index contributed by atoms with van der Waals surface area (Å²) >= 11 is 0. The number of aliphatic carboxylic acids is 1. The minimum Gasteiger partial charge on any atom is -0.479 e. The van der Waals surface area contributed by atoms with Crippen LogP contribution in [0.1, 0.15) is 53.9 Å². The quantitative estimate of drug-likeness (QED) is 0.843. The Labute approximate surface area is 109 Å². The molecule has 104 valence electrons. The zero-order valence-corrected chi connectivity index (χ0v) is 12.1. The van der Waals surface area contributed by atoms with Crippen molar-refractivity contribution in [1.82, 2.24) is 4.90 Å². The molecule has 1 rings (SSSR count). The van der Waals surface area contributed by atoms with Crippen LogP contribution in [0.2, 0.25) is 0 Å². The lowest BCUT2D eigenvalue weighted by Crippen LogP contribution is -2.61. The number of carboxylic acids is 1. The molecule has 0 radical (unpaired) electrons. The summed E-state index contributed by atoms with van der Waals surface area (Å²) < 4.78 is 0. The lowest BCUT2D eigenvalue weighted by Gasteiger charge is -2.48. The molecule has 4 nitrogen and oxygen atoms in total. The van der Waals surface area contributed by atoms with Gasteiger partial charge in [-0.3, -0.25) is 4.79 Å². The van der Waals surface area contributed by atoms with E-state index in [0.29, 0.717) is 24.7 Å². The van der Waals surface area contributed by atoms with Gasteiger partial charge in [0.2, 0.25) is 5.91 Å². The molecular weight excluding hydrogens is 230 g/mol. The van der Waals surface area contributed by atoms with Crippen LogP contribution in [0, 0.1) is 11.8 Å². The lowest BCUT2D eigenvalue weighted by atomic mass is 9.70. The molecule has 1 N–H and O–H groups in total. The van der Waals surface area contributed by atoms with E-state index in [4.69, 9.17) is 0 Å². The van der Waals surface area contributed by atoms with E-state index in [1.165, 1.54) is 6.92 Å². The van der Waals surface area contributed by atoms with Gasteiger partial charge in [0.1, 0.15) is 5.54 Å². The van der Waals surface area contributed by atoms with E-state index in [-0.39, 0.29) is 11.9 Å². The van der Waals surface area contributed by atoms with Crippen molar-refractivity contribution in [2.75, 3.05) is 0 Å². The topological polar surface area (TPSA) is 57.6 Å². The molecule has 3 unspecified atom stereocenters. The molecule has 0 bridgehead atoms. The molecule has 4 heteroatoms. The number of rotatable bonds is 3. The second kappa shape index (κ2) is 5.29. The van der Waals surface area contributed by atoms with E-state index in [9.17, 15) is 14.7 Å². The average molecular weight is 255 g/mol. The number of hydrogen-bond acceptors (Lipinski definition) is 2. The first-order valence-electron chi connectivity index (χ1n) is 6.75. The molecule has 0 aliphatic heterocycles. The van der Waals surface area contributed by atoms with Gasteiger partial charge in [-0.15, -0.1) is 0 Å². The average Bonchev–Trinajstić information content (AvgIpc) is 2.22. The highest BCUT2D eigenvalue weighted by molar-refractivity contribution is 5.86. The highest BCUT2D eigenvalue weighted by atomic mass is 16.4. The molecule has 1 amide bonds. The summed E-state index contributed by atoms with van der Waals surface area (Å²) in [7, 11) is 0. The Bertz CT molecular complexity index is 340. The van der Waals surface area contributed by atoms with Gasteiger partial charge >= 0.3 is 5.97 Å². The standard InChI is InChI=1S/C14H25NO3/c1-9(2)15(12(5)16)14(13(17)18)7-6-10(3)11(4)8-14/h9-11H,6-8H2,1-5H3,(H,17,18). The molecule has 18 heavy (non-hydrogen) atoms. The van der Waals surface area contributed by atoms with E-state index in [2.05, 4.69) is 13.8 Å². The summed E-state index contributed by atoms with van der Waals surface area (Å²) in [6, 6.07) is -0.0841. The second-order valence-electron chi connectivity index (χ2n) is 6.02. The molecule has 3 atom stereocenters. The van der Waals surface area contributed by atoms with Gasteiger partial charge in [0.25, 0.3) is 0 Å². The van der Waals surface area contributed by atoms with Crippen LogP contribution in [0.5, 0.6) is 0 Å². The zero-order chi connectivity index (χ0) is 14.1. The van der Waals surface area contributed by atoms with Crippen molar-refractivity contribution in [3.63, 3.8) is 0 Å². The van der Waals surface area contributed by atoms with E-state index in [1.54, 1.807) is 4.90 Å². The summed E-state index contributed by atoms with van der Waals surface area (Å²) in [5.74, 6) is -0.145. The summed E-state index contributed by atoms with van der Waals surface area (Å²) in [5.41, 5.74) is -1.01. The summed E-state index contributed by atoms with van der Waals surface area (Å²) in [5, 5.41) is 9.67. The van der Waals surface area contributed by atoms with Crippen LogP contribution in [0.3, 0.4) is 0 Å². The minimum atomic E-state index is -1.01. The molecule has 1 saturated carbocycles. The molecule has 0 aromatic heterocycles. The molecule has 0 spiro atoms. The largest absolute Gasteiger partial charge is 0.479 e. The maximum absolute atomic E-state index is 11.8. The van der Waals surface area contributed by atoms with Crippen LogP contribution in [-0.2, 0) is 9.59 Å². The molecular formula is C14H25NO3. The van der Waals surface area contributed by atoms with E-state index in [0.717, 1.165) is 6.42 Å². The predicted molar refractivity (Wildman–Crippen MR) is 70.2 cm³/mol. The first-order valence-corrected chi connectivity index (χ1v) is 6.75. The Kier molecular flexibility index (Phi) is 4.41. The van der Waals surface area contributed by atoms with Crippen LogP contribution < -0.4 is 0 Å². The highest BCUT2D eigenvalue weighted by Gasteiger charge is 2.50. The maximum atomic E-state index is 11.8. The van der Waals surface area contributed by atoms with E-state index in [1.807, 2.05) is 13.8 Å². The predicted octanol–water partition coefficient (Wildman–Crippen LogP) is 2.52. The fraction of sp³-hybridized carbons (Fsp3) is 0.857. The Hall–Kier alpha value is -1.06. The monoisotopic (exact) mass is 255 g/mol. The summed E-state index contributed by atoms with van der Waals surface area (Å²) in [4.78, 5) is 25.2. The first kappa shape index (κ1) is 15.0. The van der Waals surface area contributed by atoms with Crippen molar-refractivity contribution >= 4 is 11.9 Å². The number of carboxylic acid groups (broad SMARTS) is 1. The fourth-order valence-corrected chi connectivity index (χ4v) is 3.26. The van der Waals surface area contributed by atoms with Crippen molar-refractivity contribution in [2.24, 2.45) is 11.8 Å². The SMILES string of the molecule is CC(=O)N(C(C)C)C1(C(=O)O)CCC(C)C(C)C1. The lowest BCUT2D eigenvalue weighted by molar-refractivity contribution is -0.166. The number of nitrogens with zero attached hydrogens (tertiary/aromatic N) is 1. The molecule has 1 fully saturated rings. The van der Waals surface area contributed by atoms with Gasteiger partial charge in [-0.1, -0.05) is 13.8 Å². The highest BCUT2D eigenvalue weighted by Crippen LogP contribution is 2.41. The van der Waals surface area contributed by atoms with Gasteiger partial charge in [-0.25, -0.2) is 4.79 Å². The van der Waals surface area contributed by atoms with Crippen molar-refractivity contribution in [2.45, 2.75) is 65.5 Å². The minimum absolute atomic E-state index is 0.0841. The smallest absolute Gasteiger partial charge is 0.329 e. The number of carbonyl (C=O) groups excluding carboxylic acids is 1. The number of carbonyl (C=O) groups is 2. The fourth-order valence-electron chi connectivity index (χ4n) is 3.26. The van der Waals surface area contributed by atoms with Crippen molar-refractivity contribution in [3.05, 3.63) is 0 Å². The Morgan fingerprint density at radius 2 is 1.83 bits per heavy atom. The van der Waals surface area contributed by atoms with Crippen LogP contribution in [0.25, 0.3) is 0 Å². The van der Waals surface area contributed by atoms with Crippen molar-refractivity contribution in [1.29, 1.82) is 0 Å². The Morgan fingerprint density at radius 3 is 2.17 bits per heavy atom. The van der Waals surface area contributed by atoms with Gasteiger partial charge in [-0.2, -0.15) is 0 Å². The van der Waals surface area contributed by atoms with Gasteiger partial charge in [-0.05, 0) is 44.9 Å². The maximum Gasteiger partial charge on any atom is 0.329 e. The molecule has 0 saturated heterocycles. The third-order valence-corrected chi connectivity index (χ3v) is 4.36. The van der Waals surface area contributed by atoms with Crippen molar-refractivity contribution in [3.8, 4) is 0 Å². The second-order valence-corrected chi connectivity index (χ2v) is 6.02. The van der Waals surface area contributed by atoms with Gasteiger partial charge in [0, 0.05) is 13.0 Å². The van der Waals surface area contributed by atoms with E-state index < -0.39 is 11.5 Å². The summed E-state index contributed by atoms with van der Waals surface area (Å²) in [6.07, 6.45) is 1.98. The number of hydrogen-bond donors (Lipinski definition) is 1. The van der Waals surface area contributed by atoms with Crippen LogP contribution in [-0.4, -0.2) is 33.5 Å². The molecule has 0 aromatic carbocycles. The van der Waals surface area contributed by atoms with Gasteiger partial charge in [0.05, 0.1) is 0 Å². The van der Waals surface area contributed by atoms with Crippen LogP contribution in [0.15, 0.2) is 0 Å². The van der Waals surface area contributed by atoms with Crippen molar-refractivity contribution < 1.29 is 14.7 Å². The molecule has 1 aliphatic rings. The molecule has 1 aliphatic carbocycles. The summed E-state index contributed by atoms with van der Waals surface area (Å²) in [6.45, 7) is 9.47. The van der Waals surface area contributed by atoms with E-state index >= 15 is 0 Å². The molecule has 0 aromatic rings. The Balaban J connectivity index is 3.15. The van der Waals surface area contributed by atoms with Gasteiger partial charge in [0.15, 0.2) is 0 Å². The van der Waals surface area contributed by atoms with Crippen LogP contribution in [0.4, 0.5) is 0 Å². The van der Waals surface area contributed by atoms with Crippen LogP contribution >= 0.6 is 0 Å². The zero-order valence-electron chi connectivity index (χ0n) is 12.1. The third-order valence-electron chi connectivity index (χ3n) is 4.36. The normalized spacial score (nSPS) is 32.3. The first-order chi connectivity index (χ1) is 8.22. The Morgan fingerprint density at radius 1 is 1.28 bits per heavy atom. The molecule has 0 heterocycles. The third kappa shape index (κ3) is 2.52.